The van der Waals surface area contributed by atoms with Crippen molar-refractivity contribution in [2.24, 2.45) is 20.5 Å². The van der Waals surface area contributed by atoms with Gasteiger partial charge >= 0.3 is 0 Å². The molecule has 0 heterocycles. The molecule has 0 amide bonds. The van der Waals surface area contributed by atoms with Gasteiger partial charge in [0.25, 0.3) is 0 Å². The van der Waals surface area contributed by atoms with Crippen LogP contribution in [0.15, 0.2) is 93.3 Å². The molecule has 0 bridgehead atoms. The molecule has 4 aromatic carbocycles. The molecule has 0 saturated carbocycles. The van der Waals surface area contributed by atoms with Crippen molar-refractivity contribution in [1.29, 1.82) is 0 Å². The summed E-state index contributed by atoms with van der Waals surface area (Å²) >= 11 is 0. The monoisotopic (exact) mass is 396 g/mol. The topological polar surface area (TPSA) is 89.9 Å². The van der Waals surface area contributed by atoms with Gasteiger partial charge in [-0.15, -0.1) is 10.2 Å². The summed E-state index contributed by atoms with van der Waals surface area (Å²) in [5.41, 5.74) is 4.49. The molecule has 2 N–H and O–H groups in total. The van der Waals surface area contributed by atoms with Gasteiger partial charge < -0.3 is 10.2 Å². The van der Waals surface area contributed by atoms with Crippen LogP contribution >= 0.6 is 0 Å². The van der Waals surface area contributed by atoms with Crippen LogP contribution in [-0.4, -0.2) is 10.2 Å². The summed E-state index contributed by atoms with van der Waals surface area (Å²) in [6.07, 6.45) is 0. The third-order valence-electron chi connectivity index (χ3n) is 4.69. The minimum absolute atomic E-state index is 0.0203. The second kappa shape index (κ2) is 8.13. The van der Waals surface area contributed by atoms with Crippen LogP contribution in [0.4, 0.5) is 22.7 Å². The van der Waals surface area contributed by atoms with Crippen LogP contribution in [0, 0.1) is 13.8 Å². The Morgan fingerprint density at radius 3 is 1.20 bits per heavy atom. The first kappa shape index (κ1) is 19.3. The van der Waals surface area contributed by atoms with Crippen molar-refractivity contribution in [1.82, 2.24) is 0 Å². The number of hydrogen-bond acceptors (Lipinski definition) is 6. The van der Waals surface area contributed by atoms with Gasteiger partial charge in [-0.3, -0.25) is 0 Å². The normalized spacial score (nSPS) is 11.7. The maximum absolute atomic E-state index is 10.5. The van der Waals surface area contributed by atoms with Crippen LogP contribution in [0.25, 0.3) is 10.8 Å². The number of benzene rings is 4. The summed E-state index contributed by atoms with van der Waals surface area (Å²) in [5.74, 6) is -0.0407. The molecule has 148 valence electrons. The van der Waals surface area contributed by atoms with Crippen molar-refractivity contribution < 1.29 is 10.2 Å². The van der Waals surface area contributed by atoms with Crippen LogP contribution in [0.1, 0.15) is 11.1 Å². The number of rotatable bonds is 4. The molecule has 0 fully saturated rings. The molecule has 0 aliphatic heterocycles. The minimum Gasteiger partial charge on any atom is -0.507 e. The first-order valence-electron chi connectivity index (χ1n) is 9.46. The average molecular weight is 396 g/mol. The standard InChI is InChI=1S/C24H20N4O2/c1-15-3-7-17(8-4-15)25-27-19-11-13-22(30)24-20(12-14-21(29)23(19)24)28-26-18-9-5-16(2)6-10-18/h3-14,29-30H,1-2H3. The second-order valence-corrected chi connectivity index (χ2v) is 7.03. The van der Waals surface area contributed by atoms with Crippen LogP contribution in [-0.2, 0) is 0 Å². The SMILES string of the molecule is Cc1ccc(N=Nc2ccc(O)c3c(N=Nc4ccc(C)cc4)ccc(O)c23)cc1. The zero-order chi connectivity index (χ0) is 21.1. The molecule has 0 aromatic heterocycles. The highest BCUT2D eigenvalue weighted by Crippen LogP contribution is 2.44. The maximum atomic E-state index is 10.5. The summed E-state index contributed by atoms with van der Waals surface area (Å²) in [7, 11) is 0. The van der Waals surface area contributed by atoms with E-state index in [9.17, 15) is 10.2 Å². The van der Waals surface area contributed by atoms with Crippen molar-refractivity contribution in [3.05, 3.63) is 83.9 Å². The summed E-state index contributed by atoms with van der Waals surface area (Å²) in [4.78, 5) is 0. The summed E-state index contributed by atoms with van der Waals surface area (Å²) in [5, 5.41) is 38.7. The Hall–Kier alpha value is -4.06. The molecule has 6 heteroatoms. The number of aryl methyl sites for hydroxylation is 2. The van der Waals surface area contributed by atoms with E-state index in [1.54, 1.807) is 12.1 Å². The van der Waals surface area contributed by atoms with Crippen molar-refractivity contribution in [2.75, 3.05) is 0 Å². The van der Waals surface area contributed by atoms with Crippen molar-refractivity contribution in [3.8, 4) is 11.5 Å². The number of nitrogens with zero attached hydrogens (tertiary/aromatic N) is 4. The smallest absolute Gasteiger partial charge is 0.125 e. The molecule has 0 spiro atoms. The van der Waals surface area contributed by atoms with Crippen LogP contribution in [0.3, 0.4) is 0 Å². The fourth-order valence-electron chi connectivity index (χ4n) is 3.04. The molecule has 4 aromatic rings. The summed E-state index contributed by atoms with van der Waals surface area (Å²) in [6.45, 7) is 4.00. The molecular formula is C24H20N4O2. The van der Waals surface area contributed by atoms with Gasteiger partial charge in [-0.1, -0.05) is 35.4 Å². The van der Waals surface area contributed by atoms with E-state index in [2.05, 4.69) is 20.5 Å². The number of fused-ring (bicyclic) bond motifs is 1. The van der Waals surface area contributed by atoms with Crippen LogP contribution in [0.2, 0.25) is 0 Å². The summed E-state index contributed by atoms with van der Waals surface area (Å²) in [6, 6.07) is 21.5. The highest BCUT2D eigenvalue weighted by molar-refractivity contribution is 6.06. The van der Waals surface area contributed by atoms with Gasteiger partial charge in [0.05, 0.1) is 33.5 Å². The van der Waals surface area contributed by atoms with Gasteiger partial charge in [0.1, 0.15) is 11.5 Å². The van der Waals surface area contributed by atoms with Crippen LogP contribution < -0.4 is 0 Å². The lowest BCUT2D eigenvalue weighted by Gasteiger charge is -2.08. The Bertz CT molecular complexity index is 1160. The Labute approximate surface area is 173 Å². The Kier molecular flexibility index (Phi) is 5.22. The van der Waals surface area contributed by atoms with E-state index in [0.29, 0.717) is 33.5 Å². The molecule has 0 unspecified atom stereocenters. The molecule has 0 aliphatic rings. The third kappa shape index (κ3) is 4.03. The van der Waals surface area contributed by atoms with Gasteiger partial charge in [-0.05, 0) is 62.4 Å². The fourth-order valence-corrected chi connectivity index (χ4v) is 3.04. The van der Waals surface area contributed by atoms with Gasteiger partial charge in [0.2, 0.25) is 0 Å². The quantitative estimate of drug-likeness (QED) is 0.346. The average Bonchev–Trinajstić information content (AvgIpc) is 2.75. The van der Waals surface area contributed by atoms with E-state index in [1.807, 2.05) is 62.4 Å². The molecular weight excluding hydrogens is 376 g/mol. The molecule has 4 rings (SSSR count). The zero-order valence-electron chi connectivity index (χ0n) is 16.6. The second-order valence-electron chi connectivity index (χ2n) is 7.03. The fraction of sp³-hybridized carbons (Fsp3) is 0.0833. The summed E-state index contributed by atoms with van der Waals surface area (Å²) < 4.78 is 0. The molecule has 6 nitrogen and oxygen atoms in total. The lowest BCUT2D eigenvalue weighted by atomic mass is 10.0. The van der Waals surface area contributed by atoms with E-state index in [1.165, 1.54) is 12.1 Å². The Morgan fingerprint density at radius 2 is 0.833 bits per heavy atom. The zero-order valence-corrected chi connectivity index (χ0v) is 16.6. The predicted octanol–water partition coefficient (Wildman–Crippen LogP) is 7.70. The number of aromatic hydroxyl groups is 2. The van der Waals surface area contributed by atoms with Crippen molar-refractivity contribution in [2.45, 2.75) is 13.8 Å². The van der Waals surface area contributed by atoms with E-state index in [-0.39, 0.29) is 11.5 Å². The van der Waals surface area contributed by atoms with E-state index >= 15 is 0 Å². The molecule has 0 radical (unpaired) electrons. The highest BCUT2D eigenvalue weighted by atomic mass is 16.3. The predicted molar refractivity (Wildman–Crippen MR) is 118 cm³/mol. The van der Waals surface area contributed by atoms with Gasteiger partial charge in [0, 0.05) is 0 Å². The number of hydrogen-bond donors (Lipinski definition) is 2. The first-order valence-corrected chi connectivity index (χ1v) is 9.46. The lowest BCUT2D eigenvalue weighted by molar-refractivity contribution is 0.476. The van der Waals surface area contributed by atoms with Gasteiger partial charge in [-0.2, -0.15) is 10.2 Å². The molecule has 0 saturated heterocycles. The van der Waals surface area contributed by atoms with Crippen molar-refractivity contribution >= 4 is 33.5 Å². The van der Waals surface area contributed by atoms with Crippen molar-refractivity contribution in [3.63, 3.8) is 0 Å². The first-order chi connectivity index (χ1) is 14.5. The lowest BCUT2D eigenvalue weighted by Crippen LogP contribution is -1.79. The van der Waals surface area contributed by atoms with E-state index in [4.69, 9.17) is 0 Å². The Balaban J connectivity index is 1.78. The number of azo groups is 2. The highest BCUT2D eigenvalue weighted by Gasteiger charge is 2.14. The number of phenolic OH excluding ortho intramolecular Hbond substituents is 2. The maximum Gasteiger partial charge on any atom is 0.125 e. The third-order valence-corrected chi connectivity index (χ3v) is 4.69. The number of phenols is 2. The van der Waals surface area contributed by atoms with Gasteiger partial charge in [-0.25, -0.2) is 0 Å². The van der Waals surface area contributed by atoms with Gasteiger partial charge in [0.15, 0.2) is 0 Å². The molecule has 30 heavy (non-hydrogen) atoms. The minimum atomic E-state index is -0.0203. The van der Waals surface area contributed by atoms with E-state index < -0.39 is 0 Å². The molecule has 0 atom stereocenters. The largest absolute Gasteiger partial charge is 0.507 e. The van der Waals surface area contributed by atoms with E-state index in [0.717, 1.165) is 11.1 Å². The molecule has 0 aliphatic carbocycles. The van der Waals surface area contributed by atoms with Crippen LogP contribution in [0.5, 0.6) is 11.5 Å². The Morgan fingerprint density at radius 1 is 0.467 bits per heavy atom.